The summed E-state index contributed by atoms with van der Waals surface area (Å²) in [4.78, 5) is 0. The fourth-order valence-corrected chi connectivity index (χ4v) is 3.08. The summed E-state index contributed by atoms with van der Waals surface area (Å²) >= 11 is 0. The number of unbranched alkanes of at least 4 members (excludes halogenated alkanes) is 5. The van der Waals surface area contributed by atoms with Crippen LogP contribution in [0.2, 0.25) is 0 Å². The Balaban J connectivity index is 4.80. The number of hydrogen-bond donors (Lipinski definition) is 0. The summed E-state index contributed by atoms with van der Waals surface area (Å²) in [5.74, 6) is -1.35. The van der Waals surface area contributed by atoms with Crippen LogP contribution in [0.25, 0.3) is 0 Å². The van der Waals surface area contributed by atoms with E-state index < -0.39 is 12.4 Å². The van der Waals surface area contributed by atoms with Crippen molar-refractivity contribution in [1.82, 2.24) is 0 Å². The van der Waals surface area contributed by atoms with Gasteiger partial charge in [0.1, 0.15) is 0 Å². The summed E-state index contributed by atoms with van der Waals surface area (Å²) in [5, 5.41) is 0. The van der Waals surface area contributed by atoms with E-state index in [4.69, 9.17) is 14.2 Å². The van der Waals surface area contributed by atoms with Crippen molar-refractivity contribution in [1.29, 1.82) is 0 Å². The highest BCUT2D eigenvalue weighted by Crippen LogP contribution is 2.34. The molecule has 0 aliphatic carbocycles. The maximum Gasteiger partial charge on any atom is 0.285 e. The molecule has 0 bridgehead atoms. The molecule has 0 amide bonds. The monoisotopic (exact) mass is 352 g/mol. The van der Waals surface area contributed by atoms with Crippen LogP contribution in [-0.4, -0.2) is 32.2 Å². The molecule has 1 unspecified atom stereocenters. The van der Waals surface area contributed by atoms with E-state index >= 15 is 0 Å². The third-order valence-electron chi connectivity index (χ3n) is 4.18. The van der Waals surface area contributed by atoms with Gasteiger partial charge < -0.3 is 14.2 Å². The fourth-order valence-electron chi connectivity index (χ4n) is 3.08. The predicted octanol–water partition coefficient (Wildman–Crippen LogP) is 6.16. The highest BCUT2D eigenvalue weighted by atomic mass is 19.3. The normalized spacial score (nSPS) is 13.6. The van der Waals surface area contributed by atoms with Gasteiger partial charge in [0, 0.05) is 32.2 Å². The van der Waals surface area contributed by atoms with Gasteiger partial charge in [0.2, 0.25) is 6.43 Å². The highest BCUT2D eigenvalue weighted by molar-refractivity contribution is 4.73. The topological polar surface area (TPSA) is 27.7 Å². The minimum absolute atomic E-state index is 0.143. The molecule has 0 saturated heterocycles. The van der Waals surface area contributed by atoms with Crippen molar-refractivity contribution in [3.63, 3.8) is 0 Å². The van der Waals surface area contributed by atoms with Crippen LogP contribution < -0.4 is 0 Å². The molecule has 0 radical (unpaired) electrons. The Kier molecular flexibility index (Phi) is 14.9. The number of alkyl halides is 2. The molecule has 0 aromatic heterocycles. The number of hydrogen-bond acceptors (Lipinski definition) is 3. The lowest BCUT2D eigenvalue weighted by molar-refractivity contribution is -0.403. The molecule has 0 saturated carbocycles. The van der Waals surface area contributed by atoms with Gasteiger partial charge in [0.25, 0.3) is 5.97 Å². The largest absolute Gasteiger partial charge is 0.328 e. The maximum absolute atomic E-state index is 12.7. The van der Waals surface area contributed by atoms with Crippen LogP contribution >= 0.6 is 0 Å². The molecular weight excluding hydrogens is 314 g/mol. The van der Waals surface area contributed by atoms with Crippen LogP contribution in [0.15, 0.2) is 0 Å². The van der Waals surface area contributed by atoms with Crippen molar-refractivity contribution in [2.24, 2.45) is 5.92 Å². The van der Waals surface area contributed by atoms with Crippen molar-refractivity contribution < 1.29 is 23.0 Å². The van der Waals surface area contributed by atoms with E-state index in [1.807, 2.05) is 20.8 Å². The first-order valence-corrected chi connectivity index (χ1v) is 9.76. The fraction of sp³-hybridized carbons (Fsp3) is 1.00. The molecule has 0 heterocycles. The quantitative estimate of drug-likeness (QED) is 0.232. The molecular formula is C19H38F2O3. The molecule has 1 atom stereocenters. The van der Waals surface area contributed by atoms with Crippen molar-refractivity contribution in [3.8, 4) is 0 Å². The third-order valence-corrected chi connectivity index (χ3v) is 4.18. The molecule has 24 heavy (non-hydrogen) atoms. The molecule has 0 aliphatic rings. The summed E-state index contributed by atoms with van der Waals surface area (Å²) in [6.07, 6.45) is 5.72. The van der Waals surface area contributed by atoms with Gasteiger partial charge in [-0.1, -0.05) is 45.4 Å². The van der Waals surface area contributed by atoms with Crippen LogP contribution in [-0.2, 0) is 14.2 Å². The van der Waals surface area contributed by atoms with E-state index in [0.29, 0.717) is 26.2 Å². The minimum Gasteiger partial charge on any atom is -0.328 e. The first-order valence-electron chi connectivity index (χ1n) is 9.76. The van der Waals surface area contributed by atoms with Crippen molar-refractivity contribution in [3.05, 3.63) is 0 Å². The van der Waals surface area contributed by atoms with Gasteiger partial charge in [-0.3, -0.25) is 0 Å². The number of rotatable bonds is 17. The smallest absolute Gasteiger partial charge is 0.285 e. The summed E-state index contributed by atoms with van der Waals surface area (Å²) in [6, 6.07) is 0. The zero-order chi connectivity index (χ0) is 18.3. The molecule has 0 N–H and O–H groups in total. The van der Waals surface area contributed by atoms with E-state index in [0.717, 1.165) is 19.3 Å². The van der Waals surface area contributed by atoms with Gasteiger partial charge in [-0.15, -0.1) is 0 Å². The molecule has 5 heteroatoms. The van der Waals surface area contributed by atoms with Gasteiger partial charge in [-0.25, -0.2) is 8.78 Å². The Labute approximate surface area is 147 Å². The molecule has 0 rings (SSSR count). The molecule has 0 aliphatic heterocycles. The standard InChI is InChI=1S/C19H38F2O3/c1-5-9-10-11-12-13-14-17(15-16-18(20)21)19(22-6-2,23-7-3)24-8-4/h17-18H,5-16H2,1-4H3. The first-order chi connectivity index (χ1) is 11.6. The Hall–Kier alpha value is -0.260. The summed E-state index contributed by atoms with van der Waals surface area (Å²) < 4.78 is 42.9. The SMILES string of the molecule is CCCCCCCCC(CCC(F)F)C(OCC)(OCC)OCC. The second-order valence-electron chi connectivity index (χ2n) is 6.12. The van der Waals surface area contributed by atoms with Crippen LogP contribution in [0, 0.1) is 5.92 Å². The molecule has 0 fully saturated rings. The van der Waals surface area contributed by atoms with Gasteiger partial charge in [0.15, 0.2) is 0 Å². The third kappa shape index (κ3) is 9.90. The second-order valence-corrected chi connectivity index (χ2v) is 6.12. The van der Waals surface area contributed by atoms with E-state index in [2.05, 4.69) is 6.92 Å². The number of ether oxygens (including phenoxy) is 3. The lowest BCUT2D eigenvalue weighted by atomic mass is 9.93. The van der Waals surface area contributed by atoms with Crippen LogP contribution in [0.3, 0.4) is 0 Å². The molecule has 3 nitrogen and oxygen atoms in total. The zero-order valence-corrected chi connectivity index (χ0v) is 16.1. The van der Waals surface area contributed by atoms with Crippen molar-refractivity contribution >= 4 is 0 Å². The Bertz CT molecular complexity index is 258. The van der Waals surface area contributed by atoms with Gasteiger partial charge in [-0.2, -0.15) is 0 Å². The van der Waals surface area contributed by atoms with Gasteiger partial charge in [0.05, 0.1) is 0 Å². The van der Waals surface area contributed by atoms with Gasteiger partial charge in [-0.05, 0) is 33.6 Å². The Morgan fingerprint density at radius 3 is 1.62 bits per heavy atom. The molecule has 0 aromatic rings. The lowest BCUT2D eigenvalue weighted by Gasteiger charge is -2.39. The maximum atomic E-state index is 12.7. The molecule has 0 spiro atoms. The average molecular weight is 353 g/mol. The van der Waals surface area contributed by atoms with Crippen molar-refractivity contribution in [2.45, 2.75) is 97.9 Å². The second kappa shape index (κ2) is 15.0. The van der Waals surface area contributed by atoms with E-state index in [1.54, 1.807) is 0 Å². The first kappa shape index (κ1) is 23.7. The van der Waals surface area contributed by atoms with Crippen molar-refractivity contribution in [2.75, 3.05) is 19.8 Å². The summed E-state index contributed by atoms with van der Waals surface area (Å²) in [7, 11) is 0. The predicted molar refractivity (Wildman–Crippen MR) is 94.3 cm³/mol. The lowest BCUT2D eigenvalue weighted by Crippen LogP contribution is -2.47. The zero-order valence-electron chi connectivity index (χ0n) is 16.1. The summed E-state index contributed by atoms with van der Waals surface area (Å²) in [6.45, 7) is 9.12. The van der Waals surface area contributed by atoms with E-state index in [9.17, 15) is 8.78 Å². The molecule has 0 aromatic carbocycles. The number of halogens is 2. The van der Waals surface area contributed by atoms with E-state index in [-0.39, 0.29) is 12.3 Å². The summed E-state index contributed by atoms with van der Waals surface area (Å²) in [5.41, 5.74) is 0. The minimum atomic E-state index is -2.31. The average Bonchev–Trinajstić information content (AvgIpc) is 2.53. The van der Waals surface area contributed by atoms with E-state index in [1.165, 1.54) is 25.7 Å². The Morgan fingerprint density at radius 2 is 1.17 bits per heavy atom. The van der Waals surface area contributed by atoms with Crippen LogP contribution in [0.1, 0.15) is 85.5 Å². The molecule has 146 valence electrons. The van der Waals surface area contributed by atoms with Gasteiger partial charge >= 0.3 is 0 Å². The van der Waals surface area contributed by atoms with Crippen LogP contribution in [0.4, 0.5) is 8.78 Å². The Morgan fingerprint density at radius 1 is 0.667 bits per heavy atom. The highest BCUT2D eigenvalue weighted by Gasteiger charge is 2.41. The van der Waals surface area contributed by atoms with Crippen LogP contribution in [0.5, 0.6) is 0 Å².